The Bertz CT molecular complexity index is 456. The van der Waals surface area contributed by atoms with Crippen LogP contribution in [0.4, 0.5) is 5.69 Å². The maximum Gasteiger partial charge on any atom is 0.188 e. The first-order valence-corrected chi connectivity index (χ1v) is 10.6. The molecule has 112 valence electrons. The summed E-state index contributed by atoms with van der Waals surface area (Å²) >= 11 is 5.83. The predicted octanol–water partition coefficient (Wildman–Crippen LogP) is 3.93. The second-order valence-electron chi connectivity index (χ2n) is 7.09. The smallest absolute Gasteiger partial charge is 0.188 e. The van der Waals surface area contributed by atoms with Crippen molar-refractivity contribution in [1.29, 1.82) is 0 Å². The van der Waals surface area contributed by atoms with Crippen LogP contribution < -0.4 is 4.90 Å². The van der Waals surface area contributed by atoms with Crippen molar-refractivity contribution in [2.45, 2.75) is 44.8 Å². The van der Waals surface area contributed by atoms with E-state index in [1.807, 2.05) is 31.4 Å². The molecule has 2 heterocycles. The predicted molar refractivity (Wildman–Crippen MR) is 87.9 cm³/mol. The summed E-state index contributed by atoms with van der Waals surface area (Å²) in [6.07, 6.45) is 4.14. The van der Waals surface area contributed by atoms with Gasteiger partial charge in [0.2, 0.25) is 0 Å². The SMILES string of the molecule is CC(C)(C[C@@H]1CCN(c2ccc(Cl)nc2)C1)[Si](C)(C)O. The third-order valence-electron chi connectivity index (χ3n) is 4.82. The van der Waals surface area contributed by atoms with E-state index in [2.05, 4.69) is 23.7 Å². The quantitative estimate of drug-likeness (QED) is 0.676. The highest BCUT2D eigenvalue weighted by Gasteiger charge is 2.40. The van der Waals surface area contributed by atoms with Gasteiger partial charge in [-0.2, -0.15) is 0 Å². The first-order chi connectivity index (χ1) is 9.19. The molecule has 1 aromatic rings. The number of pyridine rings is 1. The molecule has 0 spiro atoms. The van der Waals surface area contributed by atoms with Gasteiger partial charge in [-0.05, 0) is 49.0 Å². The largest absolute Gasteiger partial charge is 0.432 e. The molecule has 0 radical (unpaired) electrons. The van der Waals surface area contributed by atoms with Gasteiger partial charge < -0.3 is 9.70 Å². The van der Waals surface area contributed by atoms with E-state index in [-0.39, 0.29) is 5.04 Å². The Labute approximate surface area is 128 Å². The van der Waals surface area contributed by atoms with Crippen molar-refractivity contribution < 1.29 is 4.80 Å². The van der Waals surface area contributed by atoms with Gasteiger partial charge in [-0.3, -0.25) is 0 Å². The second kappa shape index (κ2) is 5.66. The van der Waals surface area contributed by atoms with Crippen LogP contribution in [-0.2, 0) is 0 Å². The van der Waals surface area contributed by atoms with Crippen LogP contribution in [0.2, 0.25) is 23.3 Å². The summed E-state index contributed by atoms with van der Waals surface area (Å²) < 4.78 is 0. The summed E-state index contributed by atoms with van der Waals surface area (Å²) in [5.74, 6) is 0.652. The van der Waals surface area contributed by atoms with Crippen molar-refractivity contribution in [3.05, 3.63) is 23.5 Å². The molecule has 0 amide bonds. The van der Waals surface area contributed by atoms with Crippen LogP contribution in [-0.4, -0.2) is 31.2 Å². The molecular formula is C15H25ClN2OSi. The first-order valence-electron chi connectivity index (χ1n) is 7.28. The molecule has 1 atom stereocenters. The average molecular weight is 313 g/mol. The zero-order valence-electron chi connectivity index (χ0n) is 12.9. The Morgan fingerprint density at radius 2 is 2.15 bits per heavy atom. The summed E-state index contributed by atoms with van der Waals surface area (Å²) in [6, 6.07) is 3.88. The van der Waals surface area contributed by atoms with Gasteiger partial charge in [0, 0.05) is 13.1 Å². The number of rotatable bonds is 4. The Kier molecular flexibility index (Phi) is 4.47. The van der Waals surface area contributed by atoms with Crippen LogP contribution >= 0.6 is 11.6 Å². The fraction of sp³-hybridized carbons (Fsp3) is 0.667. The Balaban J connectivity index is 1.98. The fourth-order valence-electron chi connectivity index (χ4n) is 2.76. The van der Waals surface area contributed by atoms with Crippen LogP contribution in [0.3, 0.4) is 0 Å². The number of halogens is 1. The molecule has 0 aromatic carbocycles. The second-order valence-corrected chi connectivity index (χ2v) is 11.9. The minimum absolute atomic E-state index is 0.0614. The molecule has 0 bridgehead atoms. The lowest BCUT2D eigenvalue weighted by Crippen LogP contribution is -2.40. The average Bonchev–Trinajstić information content (AvgIpc) is 2.76. The van der Waals surface area contributed by atoms with E-state index < -0.39 is 8.32 Å². The number of hydrogen-bond donors (Lipinski definition) is 1. The Morgan fingerprint density at radius 3 is 2.70 bits per heavy atom. The number of aromatic nitrogens is 1. The van der Waals surface area contributed by atoms with Crippen molar-refractivity contribution in [2.24, 2.45) is 5.92 Å². The van der Waals surface area contributed by atoms with E-state index >= 15 is 0 Å². The maximum absolute atomic E-state index is 10.4. The molecule has 1 aromatic heterocycles. The van der Waals surface area contributed by atoms with Gasteiger partial charge in [0.05, 0.1) is 11.9 Å². The van der Waals surface area contributed by atoms with Crippen molar-refractivity contribution in [1.82, 2.24) is 4.98 Å². The fourth-order valence-corrected chi connectivity index (χ4v) is 3.66. The highest BCUT2D eigenvalue weighted by atomic mass is 35.5. The summed E-state index contributed by atoms with van der Waals surface area (Å²) in [5, 5.41) is 0.602. The molecule has 1 aliphatic rings. The summed E-state index contributed by atoms with van der Waals surface area (Å²) in [7, 11) is -2.11. The van der Waals surface area contributed by atoms with Crippen molar-refractivity contribution >= 4 is 25.6 Å². The lowest BCUT2D eigenvalue weighted by atomic mass is 9.95. The van der Waals surface area contributed by atoms with Crippen LogP contribution in [0.25, 0.3) is 0 Å². The molecule has 20 heavy (non-hydrogen) atoms. The molecule has 0 unspecified atom stereocenters. The van der Waals surface area contributed by atoms with E-state index in [0.717, 1.165) is 25.2 Å². The van der Waals surface area contributed by atoms with Crippen molar-refractivity contribution in [3.8, 4) is 0 Å². The third-order valence-corrected chi connectivity index (χ3v) is 8.56. The van der Waals surface area contributed by atoms with Crippen molar-refractivity contribution in [2.75, 3.05) is 18.0 Å². The van der Waals surface area contributed by atoms with Crippen LogP contribution in [0.15, 0.2) is 18.3 Å². The molecule has 0 aliphatic carbocycles. The number of nitrogens with zero attached hydrogens (tertiary/aromatic N) is 2. The molecule has 0 saturated carbocycles. The van der Waals surface area contributed by atoms with E-state index in [1.165, 1.54) is 6.42 Å². The van der Waals surface area contributed by atoms with Crippen LogP contribution in [0.5, 0.6) is 0 Å². The van der Waals surface area contributed by atoms with E-state index in [9.17, 15) is 4.80 Å². The zero-order valence-corrected chi connectivity index (χ0v) is 14.6. The normalized spacial score (nSPS) is 20.5. The van der Waals surface area contributed by atoms with Crippen LogP contribution in [0.1, 0.15) is 26.7 Å². The van der Waals surface area contributed by atoms with Gasteiger partial charge in [-0.1, -0.05) is 25.4 Å². The van der Waals surface area contributed by atoms with E-state index in [4.69, 9.17) is 11.6 Å². The van der Waals surface area contributed by atoms with Gasteiger partial charge in [0.15, 0.2) is 8.32 Å². The number of hydrogen-bond acceptors (Lipinski definition) is 3. The highest BCUT2D eigenvalue weighted by Crippen LogP contribution is 2.43. The van der Waals surface area contributed by atoms with E-state index in [0.29, 0.717) is 11.1 Å². The number of anilines is 1. The Morgan fingerprint density at radius 1 is 1.45 bits per heavy atom. The highest BCUT2D eigenvalue weighted by molar-refractivity contribution is 6.72. The third kappa shape index (κ3) is 3.54. The molecule has 2 rings (SSSR count). The Hall–Kier alpha value is -0.583. The summed E-state index contributed by atoms with van der Waals surface area (Å²) in [6.45, 7) is 10.6. The van der Waals surface area contributed by atoms with Gasteiger partial charge in [-0.15, -0.1) is 0 Å². The van der Waals surface area contributed by atoms with Gasteiger partial charge in [-0.25, -0.2) is 4.98 Å². The minimum atomic E-state index is -2.11. The van der Waals surface area contributed by atoms with Crippen LogP contribution in [0, 0.1) is 5.92 Å². The molecule has 5 heteroatoms. The van der Waals surface area contributed by atoms with Gasteiger partial charge in [0.1, 0.15) is 5.15 Å². The zero-order chi connectivity index (χ0) is 15.0. The van der Waals surface area contributed by atoms with Gasteiger partial charge >= 0.3 is 0 Å². The lowest BCUT2D eigenvalue weighted by Gasteiger charge is -2.37. The standard InChI is InChI=1S/C15H25ClN2OSi/c1-15(2,20(3,4)19)9-12-7-8-18(11-12)13-5-6-14(16)17-10-13/h5-6,10,12,19H,7-9,11H2,1-4H3/t12-/m0/s1. The molecule has 1 N–H and O–H groups in total. The van der Waals surface area contributed by atoms with Gasteiger partial charge in [0.25, 0.3) is 0 Å². The lowest BCUT2D eigenvalue weighted by molar-refractivity contribution is 0.392. The van der Waals surface area contributed by atoms with E-state index in [1.54, 1.807) is 0 Å². The molecule has 1 saturated heterocycles. The minimum Gasteiger partial charge on any atom is -0.432 e. The topological polar surface area (TPSA) is 36.4 Å². The molecule has 1 fully saturated rings. The molecule has 1 aliphatic heterocycles. The monoisotopic (exact) mass is 312 g/mol. The first kappa shape index (κ1) is 15.8. The summed E-state index contributed by atoms with van der Waals surface area (Å²) in [5.41, 5.74) is 1.15. The van der Waals surface area contributed by atoms with Crippen molar-refractivity contribution in [3.63, 3.8) is 0 Å². The summed E-state index contributed by atoms with van der Waals surface area (Å²) in [4.78, 5) is 16.9. The molecule has 3 nitrogen and oxygen atoms in total. The molecular weight excluding hydrogens is 288 g/mol. The maximum atomic E-state index is 10.4.